The second-order valence-electron chi connectivity index (χ2n) is 9.89. The van der Waals surface area contributed by atoms with Crippen molar-refractivity contribution in [2.24, 2.45) is 0 Å². The third-order valence-corrected chi connectivity index (χ3v) is 7.63. The van der Waals surface area contributed by atoms with Crippen molar-refractivity contribution in [3.63, 3.8) is 0 Å². The average molecular weight is 480 g/mol. The molecule has 10 heteroatoms. The number of nitrogens with zero attached hydrogens (tertiary/aromatic N) is 5. The van der Waals surface area contributed by atoms with Gasteiger partial charge in [-0.25, -0.2) is 15.0 Å². The van der Waals surface area contributed by atoms with Crippen molar-refractivity contribution in [2.75, 3.05) is 31.1 Å². The lowest BCUT2D eigenvalue weighted by atomic mass is 10.0. The minimum atomic E-state index is -4.30. The molecule has 0 bridgehead atoms. The molecular formula is C25H24F3N7. The maximum absolute atomic E-state index is 13.8. The Morgan fingerprint density at radius 3 is 2.57 bits per heavy atom. The first-order valence-electron chi connectivity index (χ1n) is 12.1. The van der Waals surface area contributed by atoms with E-state index in [1.165, 1.54) is 5.56 Å². The van der Waals surface area contributed by atoms with Gasteiger partial charge in [0.25, 0.3) is 0 Å². The van der Waals surface area contributed by atoms with E-state index in [4.69, 9.17) is 9.97 Å². The van der Waals surface area contributed by atoms with Crippen LogP contribution in [-0.4, -0.2) is 57.3 Å². The normalized spacial score (nSPS) is 20.0. The van der Waals surface area contributed by atoms with Crippen LogP contribution in [0.2, 0.25) is 0 Å². The monoisotopic (exact) mass is 479 g/mol. The van der Waals surface area contributed by atoms with Gasteiger partial charge in [0.1, 0.15) is 16.9 Å². The Kier molecular flexibility index (Phi) is 4.43. The van der Waals surface area contributed by atoms with Gasteiger partial charge in [-0.15, -0.1) is 0 Å². The Bertz CT molecular complexity index is 1450. The topological polar surface area (TPSA) is 82.6 Å². The van der Waals surface area contributed by atoms with Crippen LogP contribution in [0, 0.1) is 0 Å². The molecule has 5 heterocycles. The van der Waals surface area contributed by atoms with Crippen molar-refractivity contribution in [1.29, 1.82) is 0 Å². The number of fused-ring (bicyclic) bond motifs is 2. The molecule has 7 nitrogen and oxygen atoms in total. The summed E-state index contributed by atoms with van der Waals surface area (Å²) in [5, 5.41) is 5.04. The maximum atomic E-state index is 13.8. The van der Waals surface area contributed by atoms with Gasteiger partial charge in [-0.1, -0.05) is 0 Å². The maximum Gasteiger partial charge on any atom is 0.399 e. The van der Waals surface area contributed by atoms with Gasteiger partial charge in [0.2, 0.25) is 0 Å². The molecule has 0 amide bonds. The lowest BCUT2D eigenvalue weighted by Crippen LogP contribution is -2.44. The third kappa shape index (κ3) is 3.30. The van der Waals surface area contributed by atoms with Crippen LogP contribution < -0.4 is 10.2 Å². The highest BCUT2D eigenvalue weighted by atomic mass is 19.4. The summed E-state index contributed by atoms with van der Waals surface area (Å²) in [7, 11) is 0. The molecule has 35 heavy (non-hydrogen) atoms. The second-order valence-corrected chi connectivity index (χ2v) is 9.89. The zero-order chi connectivity index (χ0) is 23.8. The molecule has 0 aromatic carbocycles. The van der Waals surface area contributed by atoms with Gasteiger partial charge in [0.05, 0.1) is 11.7 Å². The summed E-state index contributed by atoms with van der Waals surface area (Å²) in [6.45, 7) is 3.38. The number of nitrogens with one attached hydrogen (secondary N) is 2. The quantitative estimate of drug-likeness (QED) is 0.450. The van der Waals surface area contributed by atoms with Crippen LogP contribution in [0.25, 0.3) is 33.3 Å². The fraction of sp³-hybridized carbons (Fsp3) is 0.440. The number of H-pyrrole nitrogens is 1. The first-order chi connectivity index (χ1) is 16.9. The molecule has 3 aliphatic rings. The lowest BCUT2D eigenvalue weighted by molar-refractivity contribution is -0.161. The smallest absolute Gasteiger partial charge is 0.353 e. The van der Waals surface area contributed by atoms with E-state index >= 15 is 0 Å². The van der Waals surface area contributed by atoms with Gasteiger partial charge in [0, 0.05) is 60.6 Å². The van der Waals surface area contributed by atoms with Gasteiger partial charge in [-0.3, -0.25) is 4.98 Å². The Morgan fingerprint density at radius 2 is 1.86 bits per heavy atom. The molecule has 7 rings (SSSR count). The lowest BCUT2D eigenvalue weighted by Gasteiger charge is -2.30. The third-order valence-electron chi connectivity index (χ3n) is 7.63. The molecule has 3 fully saturated rings. The van der Waals surface area contributed by atoms with Crippen LogP contribution in [0.1, 0.15) is 42.9 Å². The van der Waals surface area contributed by atoms with Gasteiger partial charge in [-0.2, -0.15) is 13.2 Å². The highest BCUT2D eigenvalue weighted by Gasteiger charge is 2.65. The van der Waals surface area contributed by atoms with E-state index in [1.54, 1.807) is 24.5 Å². The Hall–Kier alpha value is -3.27. The summed E-state index contributed by atoms with van der Waals surface area (Å²) in [6, 6.07) is 3.38. The Morgan fingerprint density at radius 1 is 1.06 bits per heavy atom. The fourth-order valence-corrected chi connectivity index (χ4v) is 5.33. The van der Waals surface area contributed by atoms with E-state index in [9.17, 15) is 13.2 Å². The molecule has 1 saturated heterocycles. The molecular weight excluding hydrogens is 455 g/mol. The van der Waals surface area contributed by atoms with Crippen molar-refractivity contribution in [3.8, 4) is 11.4 Å². The zero-order valence-corrected chi connectivity index (χ0v) is 19.0. The molecule has 4 aromatic heterocycles. The predicted octanol–water partition coefficient (Wildman–Crippen LogP) is 4.45. The fourth-order valence-electron chi connectivity index (χ4n) is 5.33. The van der Waals surface area contributed by atoms with Gasteiger partial charge < -0.3 is 15.2 Å². The van der Waals surface area contributed by atoms with E-state index in [0.717, 1.165) is 55.7 Å². The first kappa shape index (κ1) is 21.0. The highest BCUT2D eigenvalue weighted by Crippen LogP contribution is 2.59. The highest BCUT2D eigenvalue weighted by molar-refractivity contribution is 5.97. The van der Waals surface area contributed by atoms with Crippen LogP contribution in [0.15, 0.2) is 30.7 Å². The first-order valence-corrected chi connectivity index (χ1v) is 12.1. The number of piperazine rings is 1. The molecule has 1 aliphatic heterocycles. The van der Waals surface area contributed by atoms with Gasteiger partial charge in [-0.05, 0) is 49.3 Å². The number of hydrogen-bond acceptors (Lipinski definition) is 6. The van der Waals surface area contributed by atoms with E-state index in [-0.39, 0.29) is 18.5 Å². The van der Waals surface area contributed by atoms with Crippen molar-refractivity contribution in [3.05, 3.63) is 42.0 Å². The molecule has 0 atom stereocenters. The summed E-state index contributed by atoms with van der Waals surface area (Å²) < 4.78 is 41.4. The van der Waals surface area contributed by atoms with E-state index in [0.29, 0.717) is 28.3 Å². The van der Waals surface area contributed by atoms with Crippen molar-refractivity contribution >= 4 is 27.8 Å². The molecule has 0 unspecified atom stereocenters. The molecule has 2 saturated carbocycles. The van der Waals surface area contributed by atoms with Gasteiger partial charge in [0.15, 0.2) is 5.82 Å². The molecule has 180 valence electrons. The molecule has 2 N–H and O–H groups in total. The summed E-state index contributed by atoms with van der Waals surface area (Å²) in [4.78, 5) is 23.9. The predicted molar refractivity (Wildman–Crippen MR) is 126 cm³/mol. The van der Waals surface area contributed by atoms with Crippen LogP contribution in [0.5, 0.6) is 0 Å². The van der Waals surface area contributed by atoms with Crippen LogP contribution in [0.3, 0.4) is 0 Å². The molecule has 0 spiro atoms. The van der Waals surface area contributed by atoms with Crippen molar-refractivity contribution in [1.82, 2.24) is 30.2 Å². The molecule has 4 aromatic rings. The number of alkyl halides is 3. The van der Waals surface area contributed by atoms with Crippen LogP contribution >= 0.6 is 0 Å². The minimum absolute atomic E-state index is 0.0912. The standard InChI is InChI=1S/C25H24F3N7/c26-25(27,28)24(4-5-24)19-11-16-15(3-6-31-21(16)33-19)22-32-18-13-30-12-17(14-1-2-14)20(18)23(34-22)35-9-7-29-8-10-35/h3,6,11-14,29H,1-2,4-5,7-10H2,(H,31,33). The van der Waals surface area contributed by atoms with E-state index < -0.39 is 11.6 Å². The Labute approximate surface area is 199 Å². The minimum Gasteiger partial charge on any atom is -0.353 e. The van der Waals surface area contributed by atoms with E-state index in [2.05, 4.69) is 25.2 Å². The Balaban J connectivity index is 1.42. The van der Waals surface area contributed by atoms with Crippen LogP contribution in [-0.2, 0) is 5.41 Å². The van der Waals surface area contributed by atoms with Crippen molar-refractivity contribution < 1.29 is 13.2 Å². The summed E-state index contributed by atoms with van der Waals surface area (Å²) in [5.74, 6) is 1.85. The number of anilines is 1. The van der Waals surface area contributed by atoms with Crippen LogP contribution in [0.4, 0.5) is 19.0 Å². The number of halogens is 3. The number of aromatic nitrogens is 5. The molecule has 0 radical (unpaired) electrons. The summed E-state index contributed by atoms with van der Waals surface area (Å²) in [5.41, 5.74) is 1.41. The second kappa shape index (κ2) is 7.36. The molecule has 2 aliphatic carbocycles. The summed E-state index contributed by atoms with van der Waals surface area (Å²) in [6.07, 6.45) is 3.46. The largest absolute Gasteiger partial charge is 0.399 e. The van der Waals surface area contributed by atoms with Gasteiger partial charge >= 0.3 is 6.18 Å². The number of rotatable bonds is 4. The number of hydrogen-bond donors (Lipinski definition) is 2. The number of pyridine rings is 2. The zero-order valence-electron chi connectivity index (χ0n) is 19.0. The van der Waals surface area contributed by atoms with Crippen molar-refractivity contribution in [2.45, 2.75) is 43.2 Å². The average Bonchev–Trinajstić information content (AvgIpc) is 3.79. The van der Waals surface area contributed by atoms with E-state index in [1.807, 2.05) is 6.20 Å². The SMILES string of the molecule is FC(F)(F)C1(c2cc3c(-c4nc(N5CCNCC5)c5c(C6CC6)cncc5n4)ccnc3[nH]2)CC1. The number of aromatic amines is 1. The summed E-state index contributed by atoms with van der Waals surface area (Å²) >= 11 is 0.